The zero-order valence-electron chi connectivity index (χ0n) is 13.2. The Morgan fingerprint density at radius 3 is 2.60 bits per heavy atom. The second kappa shape index (κ2) is 8.34. The minimum Gasteiger partial charge on any atom is -0.351 e. The second-order valence-electron chi connectivity index (χ2n) is 5.19. The van der Waals surface area contributed by atoms with Crippen LogP contribution in [0, 0.1) is 5.82 Å². The molecule has 0 atom stereocenters. The van der Waals surface area contributed by atoms with Crippen molar-refractivity contribution in [3.05, 3.63) is 72.3 Å². The summed E-state index contributed by atoms with van der Waals surface area (Å²) in [5, 5.41) is 11.7. The standard InChI is InChI=1S/C18H15FN4OS/c19-15-5-3-13(4-6-15)10-21-17(24)12-25-18-8-7-16(22-23-18)14-2-1-9-20-11-14/h1-9,11H,10,12H2,(H,21,24). The zero-order chi connectivity index (χ0) is 17.5. The molecule has 0 aliphatic carbocycles. The van der Waals surface area contributed by atoms with E-state index in [-0.39, 0.29) is 17.5 Å². The summed E-state index contributed by atoms with van der Waals surface area (Å²) in [5.74, 6) is -0.173. The number of amides is 1. The fourth-order valence-electron chi connectivity index (χ4n) is 2.06. The van der Waals surface area contributed by atoms with Crippen LogP contribution < -0.4 is 5.32 Å². The number of aromatic nitrogens is 3. The number of benzene rings is 1. The molecule has 0 fully saturated rings. The molecule has 2 aromatic heterocycles. The highest BCUT2D eigenvalue weighted by molar-refractivity contribution is 7.99. The van der Waals surface area contributed by atoms with Crippen molar-refractivity contribution in [2.75, 3.05) is 5.75 Å². The van der Waals surface area contributed by atoms with E-state index in [4.69, 9.17) is 0 Å². The van der Waals surface area contributed by atoms with Gasteiger partial charge in [-0.05, 0) is 42.0 Å². The average molecular weight is 354 g/mol. The lowest BCUT2D eigenvalue weighted by molar-refractivity contribution is -0.118. The van der Waals surface area contributed by atoms with Gasteiger partial charge in [0.05, 0.1) is 11.4 Å². The van der Waals surface area contributed by atoms with E-state index in [1.54, 1.807) is 24.5 Å². The number of halogens is 1. The lowest BCUT2D eigenvalue weighted by Gasteiger charge is -2.05. The first kappa shape index (κ1) is 17.0. The Hall–Kier alpha value is -2.80. The van der Waals surface area contributed by atoms with Crippen LogP contribution in [0.25, 0.3) is 11.3 Å². The Morgan fingerprint density at radius 1 is 1.08 bits per heavy atom. The minimum absolute atomic E-state index is 0.118. The van der Waals surface area contributed by atoms with Gasteiger partial charge in [-0.2, -0.15) is 0 Å². The molecule has 0 saturated heterocycles. The average Bonchev–Trinajstić information content (AvgIpc) is 2.67. The van der Waals surface area contributed by atoms with Gasteiger partial charge in [0, 0.05) is 24.5 Å². The lowest BCUT2D eigenvalue weighted by Crippen LogP contribution is -2.24. The second-order valence-corrected chi connectivity index (χ2v) is 6.19. The number of hydrogen-bond acceptors (Lipinski definition) is 5. The van der Waals surface area contributed by atoms with Gasteiger partial charge < -0.3 is 5.32 Å². The highest BCUT2D eigenvalue weighted by Gasteiger charge is 2.06. The first-order valence-electron chi connectivity index (χ1n) is 7.59. The van der Waals surface area contributed by atoms with Crippen LogP contribution in [0.1, 0.15) is 5.56 Å². The molecular formula is C18H15FN4OS. The lowest BCUT2D eigenvalue weighted by atomic mass is 10.2. The van der Waals surface area contributed by atoms with Gasteiger partial charge in [0.1, 0.15) is 10.8 Å². The molecule has 0 spiro atoms. The van der Waals surface area contributed by atoms with Crippen LogP contribution in [0.4, 0.5) is 4.39 Å². The molecule has 0 unspecified atom stereocenters. The molecule has 25 heavy (non-hydrogen) atoms. The number of nitrogens with zero attached hydrogens (tertiary/aromatic N) is 3. The van der Waals surface area contributed by atoms with Crippen LogP contribution in [-0.4, -0.2) is 26.8 Å². The molecule has 1 N–H and O–H groups in total. The molecular weight excluding hydrogens is 339 g/mol. The van der Waals surface area contributed by atoms with Gasteiger partial charge in [-0.1, -0.05) is 23.9 Å². The maximum Gasteiger partial charge on any atom is 0.230 e. The molecule has 1 amide bonds. The third-order valence-corrected chi connectivity index (χ3v) is 4.27. The first-order chi connectivity index (χ1) is 12.2. The maximum absolute atomic E-state index is 12.8. The van der Waals surface area contributed by atoms with Gasteiger partial charge in [0.25, 0.3) is 0 Å². The van der Waals surface area contributed by atoms with Crippen molar-refractivity contribution in [1.82, 2.24) is 20.5 Å². The monoisotopic (exact) mass is 354 g/mol. The Bertz CT molecular complexity index is 826. The van der Waals surface area contributed by atoms with Gasteiger partial charge in [0.2, 0.25) is 5.91 Å². The Labute approximate surface area is 148 Å². The van der Waals surface area contributed by atoms with Crippen molar-refractivity contribution in [2.24, 2.45) is 0 Å². The molecule has 0 aliphatic heterocycles. The molecule has 3 rings (SSSR count). The predicted molar refractivity (Wildman–Crippen MR) is 94.2 cm³/mol. The molecule has 0 aliphatic rings. The normalized spacial score (nSPS) is 10.4. The number of carbonyl (C=O) groups is 1. The fraction of sp³-hybridized carbons (Fsp3) is 0.111. The summed E-state index contributed by atoms with van der Waals surface area (Å²) < 4.78 is 12.8. The Kier molecular flexibility index (Phi) is 5.69. The molecule has 0 bridgehead atoms. The Morgan fingerprint density at radius 2 is 1.92 bits per heavy atom. The summed E-state index contributed by atoms with van der Waals surface area (Å²) in [5.41, 5.74) is 2.47. The summed E-state index contributed by atoms with van der Waals surface area (Å²) in [6.07, 6.45) is 3.42. The van der Waals surface area contributed by atoms with Crippen LogP contribution in [0.15, 0.2) is 66.0 Å². The van der Waals surface area contributed by atoms with Crippen molar-refractivity contribution in [3.63, 3.8) is 0 Å². The van der Waals surface area contributed by atoms with E-state index >= 15 is 0 Å². The highest BCUT2D eigenvalue weighted by atomic mass is 32.2. The van der Waals surface area contributed by atoms with Gasteiger partial charge in [0.15, 0.2) is 0 Å². The minimum atomic E-state index is -0.293. The van der Waals surface area contributed by atoms with E-state index < -0.39 is 0 Å². The van der Waals surface area contributed by atoms with Crippen molar-refractivity contribution >= 4 is 17.7 Å². The first-order valence-corrected chi connectivity index (χ1v) is 8.57. The summed E-state index contributed by atoms with van der Waals surface area (Å²) in [6.45, 7) is 0.366. The topological polar surface area (TPSA) is 67.8 Å². The molecule has 2 heterocycles. The highest BCUT2D eigenvalue weighted by Crippen LogP contribution is 2.18. The summed E-state index contributed by atoms with van der Waals surface area (Å²) in [6, 6.07) is 13.5. The van der Waals surface area contributed by atoms with E-state index in [9.17, 15) is 9.18 Å². The van der Waals surface area contributed by atoms with Crippen molar-refractivity contribution in [3.8, 4) is 11.3 Å². The maximum atomic E-state index is 12.8. The predicted octanol–water partition coefficient (Wildman–Crippen LogP) is 3.09. The van der Waals surface area contributed by atoms with Crippen LogP contribution in [-0.2, 0) is 11.3 Å². The van der Waals surface area contributed by atoms with Crippen LogP contribution in [0.2, 0.25) is 0 Å². The largest absolute Gasteiger partial charge is 0.351 e. The molecule has 3 aromatic rings. The van der Waals surface area contributed by atoms with Gasteiger partial charge in [-0.3, -0.25) is 9.78 Å². The molecule has 0 radical (unpaired) electrons. The van der Waals surface area contributed by atoms with E-state index in [0.29, 0.717) is 11.6 Å². The third kappa shape index (κ3) is 5.09. The van der Waals surface area contributed by atoms with E-state index in [2.05, 4.69) is 20.5 Å². The third-order valence-electron chi connectivity index (χ3n) is 3.35. The molecule has 126 valence electrons. The van der Waals surface area contributed by atoms with Gasteiger partial charge >= 0.3 is 0 Å². The zero-order valence-corrected chi connectivity index (χ0v) is 14.0. The smallest absolute Gasteiger partial charge is 0.230 e. The summed E-state index contributed by atoms with van der Waals surface area (Å²) >= 11 is 1.31. The van der Waals surface area contributed by atoms with E-state index in [1.807, 2.05) is 24.3 Å². The van der Waals surface area contributed by atoms with Gasteiger partial charge in [-0.25, -0.2) is 4.39 Å². The van der Waals surface area contributed by atoms with E-state index in [0.717, 1.165) is 16.8 Å². The van der Waals surface area contributed by atoms with Crippen molar-refractivity contribution in [2.45, 2.75) is 11.6 Å². The quantitative estimate of drug-likeness (QED) is 0.689. The van der Waals surface area contributed by atoms with Crippen LogP contribution in [0.5, 0.6) is 0 Å². The van der Waals surface area contributed by atoms with Crippen molar-refractivity contribution < 1.29 is 9.18 Å². The summed E-state index contributed by atoms with van der Waals surface area (Å²) in [7, 11) is 0. The van der Waals surface area contributed by atoms with E-state index in [1.165, 1.54) is 23.9 Å². The molecule has 5 nitrogen and oxygen atoms in total. The summed E-state index contributed by atoms with van der Waals surface area (Å²) in [4.78, 5) is 15.9. The SMILES string of the molecule is O=C(CSc1ccc(-c2cccnc2)nn1)NCc1ccc(F)cc1. The molecule has 0 saturated carbocycles. The number of thioether (sulfide) groups is 1. The molecule has 7 heteroatoms. The van der Waals surface area contributed by atoms with Gasteiger partial charge in [-0.15, -0.1) is 10.2 Å². The number of nitrogens with one attached hydrogen (secondary N) is 1. The number of rotatable bonds is 6. The van der Waals surface area contributed by atoms with Crippen LogP contribution in [0.3, 0.4) is 0 Å². The Balaban J connectivity index is 1.48. The molecule has 1 aromatic carbocycles. The number of carbonyl (C=O) groups excluding carboxylic acids is 1. The van der Waals surface area contributed by atoms with Crippen LogP contribution >= 0.6 is 11.8 Å². The van der Waals surface area contributed by atoms with Crippen molar-refractivity contribution in [1.29, 1.82) is 0 Å². The fourth-order valence-corrected chi connectivity index (χ4v) is 2.70. The number of pyridine rings is 1. The number of hydrogen-bond donors (Lipinski definition) is 1.